The average molecular weight is 332 g/mol. The topological polar surface area (TPSA) is 42.0 Å². The van der Waals surface area contributed by atoms with Crippen LogP contribution in [-0.2, 0) is 0 Å². The van der Waals surface area contributed by atoms with Gasteiger partial charge in [0, 0.05) is 5.38 Å². The summed E-state index contributed by atoms with van der Waals surface area (Å²) in [6.45, 7) is 1.90. The summed E-state index contributed by atoms with van der Waals surface area (Å²) in [7, 11) is 0. The van der Waals surface area contributed by atoms with Crippen molar-refractivity contribution in [2.75, 3.05) is 5.32 Å². The van der Waals surface area contributed by atoms with Crippen LogP contribution in [0.3, 0.4) is 0 Å². The van der Waals surface area contributed by atoms with E-state index < -0.39 is 0 Å². The van der Waals surface area contributed by atoms with Gasteiger partial charge in [-0.3, -0.25) is 4.79 Å². The third kappa shape index (κ3) is 2.86. The van der Waals surface area contributed by atoms with E-state index in [0.717, 1.165) is 5.56 Å². The zero-order valence-electron chi connectivity index (χ0n) is 8.83. The van der Waals surface area contributed by atoms with Gasteiger partial charge >= 0.3 is 0 Å². The maximum atomic E-state index is 11.9. The number of aromatic nitrogens is 1. The molecule has 1 amide bonds. The zero-order valence-corrected chi connectivity index (χ0v) is 12.0. The quantitative estimate of drug-likeness (QED) is 0.841. The lowest BCUT2D eigenvalue weighted by atomic mass is 10.2. The summed E-state index contributed by atoms with van der Waals surface area (Å²) < 4.78 is 0.652. The smallest absolute Gasteiger partial charge is 0.256 e. The summed E-state index contributed by atoms with van der Waals surface area (Å²) in [5.41, 5.74) is 2.26. The van der Waals surface area contributed by atoms with E-state index >= 15 is 0 Å². The molecule has 0 bridgehead atoms. The number of nitrogens with zero attached hydrogens (tertiary/aromatic N) is 1. The fourth-order valence-corrected chi connectivity index (χ4v) is 2.56. The monoisotopic (exact) mass is 330 g/mol. The summed E-state index contributed by atoms with van der Waals surface area (Å²) >= 11 is 10.5. The van der Waals surface area contributed by atoms with Crippen molar-refractivity contribution in [3.8, 4) is 0 Å². The number of carbonyl (C=O) groups excluding carboxylic acids is 1. The normalized spacial score (nSPS) is 10.3. The first kappa shape index (κ1) is 12.5. The Morgan fingerprint density at radius 2 is 2.29 bits per heavy atom. The Balaban J connectivity index is 2.19. The van der Waals surface area contributed by atoms with E-state index in [0.29, 0.717) is 20.9 Å². The largest absolute Gasteiger partial charge is 0.321 e. The van der Waals surface area contributed by atoms with E-state index in [1.165, 1.54) is 17.5 Å². The third-order valence-electron chi connectivity index (χ3n) is 2.15. The zero-order chi connectivity index (χ0) is 12.4. The highest BCUT2D eigenvalue weighted by atomic mass is 79.9. The molecule has 0 spiro atoms. The van der Waals surface area contributed by atoms with Crippen LogP contribution in [0.25, 0.3) is 0 Å². The van der Waals surface area contributed by atoms with Crippen LogP contribution in [0.5, 0.6) is 0 Å². The van der Waals surface area contributed by atoms with Gasteiger partial charge in [0.2, 0.25) is 0 Å². The Bertz CT molecular complexity index is 570. The van der Waals surface area contributed by atoms with Gasteiger partial charge < -0.3 is 5.32 Å². The summed E-state index contributed by atoms with van der Waals surface area (Å²) in [5.74, 6) is -0.139. The molecule has 2 aromatic heterocycles. The van der Waals surface area contributed by atoms with Gasteiger partial charge in [0.1, 0.15) is 5.15 Å². The Morgan fingerprint density at radius 1 is 1.53 bits per heavy atom. The van der Waals surface area contributed by atoms with E-state index in [1.807, 2.05) is 17.7 Å². The number of pyridine rings is 1. The van der Waals surface area contributed by atoms with E-state index in [1.54, 1.807) is 6.07 Å². The molecule has 2 aromatic rings. The Labute approximate surface area is 116 Å². The van der Waals surface area contributed by atoms with Crippen LogP contribution in [0.1, 0.15) is 15.9 Å². The molecule has 2 rings (SSSR count). The predicted octanol–water partition coefficient (Wildman–Crippen LogP) is 4.12. The molecule has 0 saturated carbocycles. The first-order valence-electron chi connectivity index (χ1n) is 4.73. The Morgan fingerprint density at radius 3 is 2.88 bits per heavy atom. The average Bonchev–Trinajstić information content (AvgIpc) is 2.70. The highest BCUT2D eigenvalue weighted by Crippen LogP contribution is 2.23. The van der Waals surface area contributed by atoms with Gasteiger partial charge in [-0.1, -0.05) is 11.6 Å². The van der Waals surface area contributed by atoms with Crippen molar-refractivity contribution in [2.24, 2.45) is 0 Å². The number of carbonyl (C=O) groups is 1. The molecule has 0 radical (unpaired) electrons. The first-order valence-corrected chi connectivity index (χ1v) is 6.84. The summed E-state index contributed by atoms with van der Waals surface area (Å²) in [6.07, 6.45) is 1.52. The number of hydrogen-bond acceptors (Lipinski definition) is 3. The van der Waals surface area contributed by atoms with E-state index in [2.05, 4.69) is 26.2 Å². The molecule has 3 nitrogen and oxygen atoms in total. The molecule has 1 N–H and O–H groups in total. The molecule has 0 aromatic carbocycles. The van der Waals surface area contributed by atoms with E-state index in [4.69, 9.17) is 11.6 Å². The van der Waals surface area contributed by atoms with Crippen molar-refractivity contribution in [1.82, 2.24) is 4.98 Å². The minimum atomic E-state index is -0.139. The molecule has 0 unspecified atom stereocenters. The highest BCUT2D eigenvalue weighted by molar-refractivity contribution is 9.10. The minimum Gasteiger partial charge on any atom is -0.321 e. The van der Waals surface area contributed by atoms with Gasteiger partial charge in [0.05, 0.1) is 21.9 Å². The van der Waals surface area contributed by atoms with Gasteiger partial charge in [-0.25, -0.2) is 4.98 Å². The summed E-state index contributed by atoms with van der Waals surface area (Å²) in [6, 6.07) is 1.72. The van der Waals surface area contributed by atoms with Crippen LogP contribution < -0.4 is 5.32 Å². The Kier molecular flexibility index (Phi) is 3.81. The van der Waals surface area contributed by atoms with Gasteiger partial charge in [-0.2, -0.15) is 11.3 Å². The number of hydrogen-bond donors (Lipinski definition) is 1. The molecule has 0 atom stereocenters. The number of thiophene rings is 1. The second kappa shape index (κ2) is 5.16. The fourth-order valence-electron chi connectivity index (χ4n) is 1.28. The van der Waals surface area contributed by atoms with Crippen molar-refractivity contribution in [3.63, 3.8) is 0 Å². The van der Waals surface area contributed by atoms with Crippen LogP contribution >= 0.6 is 38.9 Å². The molecule has 17 heavy (non-hydrogen) atoms. The number of nitrogens with one attached hydrogen (secondary N) is 1. The summed E-state index contributed by atoms with van der Waals surface area (Å²) in [5, 5.41) is 6.90. The maximum absolute atomic E-state index is 11.9. The molecule has 88 valence electrons. The van der Waals surface area contributed by atoms with Crippen LogP contribution in [0, 0.1) is 6.92 Å². The van der Waals surface area contributed by atoms with Crippen molar-refractivity contribution in [3.05, 3.63) is 43.8 Å². The van der Waals surface area contributed by atoms with Gasteiger partial charge in [0.15, 0.2) is 0 Å². The van der Waals surface area contributed by atoms with Crippen molar-refractivity contribution >= 4 is 50.5 Å². The lowest BCUT2D eigenvalue weighted by Gasteiger charge is -2.05. The molecular formula is C11H8BrClN2OS. The SMILES string of the molecule is Cc1cscc1C(=O)Nc1cnc(Cl)c(Br)c1. The fraction of sp³-hybridized carbons (Fsp3) is 0.0909. The lowest BCUT2D eigenvalue weighted by Crippen LogP contribution is -2.12. The standard InChI is InChI=1S/C11H8BrClN2OS/c1-6-4-17-5-8(6)11(16)15-7-2-9(12)10(13)14-3-7/h2-5H,1H3,(H,15,16). The number of rotatable bonds is 2. The molecular weight excluding hydrogens is 324 g/mol. The highest BCUT2D eigenvalue weighted by Gasteiger charge is 2.10. The van der Waals surface area contributed by atoms with Gasteiger partial charge in [-0.05, 0) is 39.9 Å². The summed E-state index contributed by atoms with van der Waals surface area (Å²) in [4.78, 5) is 15.9. The van der Waals surface area contributed by atoms with Crippen LogP contribution in [0.4, 0.5) is 5.69 Å². The van der Waals surface area contributed by atoms with Crippen molar-refractivity contribution < 1.29 is 4.79 Å². The minimum absolute atomic E-state index is 0.139. The van der Waals surface area contributed by atoms with E-state index in [9.17, 15) is 4.79 Å². The third-order valence-corrected chi connectivity index (χ3v) is 4.15. The maximum Gasteiger partial charge on any atom is 0.256 e. The predicted molar refractivity (Wildman–Crippen MR) is 74.0 cm³/mol. The molecule has 2 heterocycles. The molecule has 0 aliphatic rings. The Hall–Kier alpha value is -0.910. The molecule has 6 heteroatoms. The number of aryl methyl sites for hydroxylation is 1. The second-order valence-electron chi connectivity index (χ2n) is 3.42. The number of amides is 1. The number of halogens is 2. The molecule has 0 aliphatic heterocycles. The van der Waals surface area contributed by atoms with Gasteiger partial charge in [0.25, 0.3) is 5.91 Å². The molecule has 0 aliphatic carbocycles. The number of anilines is 1. The molecule has 0 fully saturated rings. The van der Waals surface area contributed by atoms with Crippen molar-refractivity contribution in [1.29, 1.82) is 0 Å². The second-order valence-corrected chi connectivity index (χ2v) is 5.38. The molecule has 0 saturated heterocycles. The van der Waals surface area contributed by atoms with Gasteiger partial charge in [-0.15, -0.1) is 0 Å². The lowest BCUT2D eigenvalue weighted by molar-refractivity contribution is 0.102. The van der Waals surface area contributed by atoms with E-state index in [-0.39, 0.29) is 5.91 Å². The van der Waals surface area contributed by atoms with Crippen molar-refractivity contribution in [2.45, 2.75) is 6.92 Å². The van der Waals surface area contributed by atoms with Crippen LogP contribution in [0.15, 0.2) is 27.5 Å². The van der Waals surface area contributed by atoms with Crippen LogP contribution in [-0.4, -0.2) is 10.9 Å². The first-order chi connectivity index (χ1) is 8.08. The van der Waals surface area contributed by atoms with Crippen LogP contribution in [0.2, 0.25) is 5.15 Å².